The Morgan fingerprint density at radius 3 is 2.19 bits per heavy atom. The summed E-state index contributed by atoms with van der Waals surface area (Å²) in [6.45, 7) is 14.4. The molecule has 0 saturated carbocycles. The topological polar surface area (TPSA) is 18.5 Å². The first-order valence-electron chi connectivity index (χ1n) is 7.98. The summed E-state index contributed by atoms with van der Waals surface area (Å²) in [6, 6.07) is 10.4. The summed E-state index contributed by atoms with van der Waals surface area (Å²) in [5.74, 6) is 0. The van der Waals surface area contributed by atoms with Crippen LogP contribution in [-0.2, 0) is 16.1 Å². The van der Waals surface area contributed by atoms with Gasteiger partial charge in [-0.3, -0.25) is 0 Å². The van der Waals surface area contributed by atoms with Crippen LogP contribution in [0.25, 0.3) is 0 Å². The molecule has 2 aliphatic heterocycles. The summed E-state index contributed by atoms with van der Waals surface area (Å²) in [5.41, 5.74) is 1.08. The van der Waals surface area contributed by atoms with Gasteiger partial charge in [0.05, 0.1) is 23.9 Å². The molecular weight excluding hydrogens is 260 g/mol. The maximum absolute atomic E-state index is 6.55. The minimum Gasteiger partial charge on any atom is -0.370 e. The molecule has 0 radical (unpaired) electrons. The number of hydrogen-bond donors (Lipinski definition) is 0. The third-order valence-electron chi connectivity index (χ3n) is 6.22. The fourth-order valence-corrected chi connectivity index (χ4v) is 4.99. The van der Waals surface area contributed by atoms with Gasteiger partial charge in [-0.05, 0) is 31.2 Å². The van der Waals surface area contributed by atoms with E-state index in [1.54, 1.807) is 0 Å². The molecule has 2 heteroatoms. The molecule has 2 saturated heterocycles. The molecule has 0 amide bonds. The molecule has 2 bridgehead atoms. The van der Waals surface area contributed by atoms with E-state index in [-0.39, 0.29) is 28.1 Å². The fraction of sp³-hybridized carbons (Fsp3) is 0.684. The first kappa shape index (κ1) is 15.1. The third-order valence-corrected chi connectivity index (χ3v) is 6.22. The summed E-state index contributed by atoms with van der Waals surface area (Å²) in [4.78, 5) is 0. The van der Waals surface area contributed by atoms with Gasteiger partial charge in [0.1, 0.15) is 0 Å². The van der Waals surface area contributed by atoms with Crippen LogP contribution in [0.1, 0.15) is 53.5 Å². The normalized spacial score (nSPS) is 39.6. The molecule has 0 aliphatic carbocycles. The SMILES string of the molecule is CC1(C)C[C@@]2(C)O[C@]1(C)C(C)(C)[C@@H]2OCc1ccccc1. The van der Waals surface area contributed by atoms with E-state index in [2.05, 4.69) is 65.8 Å². The zero-order valence-corrected chi connectivity index (χ0v) is 14.2. The number of hydrogen-bond acceptors (Lipinski definition) is 2. The Balaban J connectivity index is 1.84. The highest BCUT2D eigenvalue weighted by Crippen LogP contribution is 2.68. The number of ether oxygens (including phenoxy) is 2. The molecule has 2 aliphatic rings. The van der Waals surface area contributed by atoms with Gasteiger partial charge in [-0.25, -0.2) is 0 Å². The van der Waals surface area contributed by atoms with Crippen molar-refractivity contribution >= 4 is 0 Å². The van der Waals surface area contributed by atoms with Crippen LogP contribution in [0, 0.1) is 10.8 Å². The molecule has 2 heterocycles. The second-order valence-electron chi connectivity index (χ2n) is 8.41. The van der Waals surface area contributed by atoms with E-state index >= 15 is 0 Å². The number of benzene rings is 1. The van der Waals surface area contributed by atoms with E-state index < -0.39 is 0 Å². The molecule has 3 atom stereocenters. The summed E-state index contributed by atoms with van der Waals surface area (Å²) < 4.78 is 12.9. The second kappa shape index (κ2) is 4.33. The van der Waals surface area contributed by atoms with Gasteiger partial charge in [0.25, 0.3) is 0 Å². The summed E-state index contributed by atoms with van der Waals surface area (Å²) in [6.07, 6.45) is 1.18. The molecule has 1 aromatic carbocycles. The highest BCUT2D eigenvalue weighted by Gasteiger charge is 2.74. The Hall–Kier alpha value is -0.860. The first-order chi connectivity index (χ1) is 9.62. The summed E-state index contributed by atoms with van der Waals surface area (Å²) in [7, 11) is 0. The minimum absolute atomic E-state index is 0.00171. The van der Waals surface area contributed by atoms with Gasteiger partial charge in [0, 0.05) is 5.41 Å². The van der Waals surface area contributed by atoms with E-state index in [4.69, 9.17) is 9.47 Å². The summed E-state index contributed by atoms with van der Waals surface area (Å²) in [5, 5.41) is 0. The Labute approximate surface area is 128 Å². The van der Waals surface area contributed by atoms with Crippen molar-refractivity contribution in [3.63, 3.8) is 0 Å². The predicted molar refractivity (Wildman–Crippen MR) is 85.1 cm³/mol. The predicted octanol–water partition coefficient (Wildman–Crippen LogP) is 4.58. The lowest BCUT2D eigenvalue weighted by Crippen LogP contribution is -2.58. The smallest absolute Gasteiger partial charge is 0.0945 e. The van der Waals surface area contributed by atoms with Crippen molar-refractivity contribution in [3.05, 3.63) is 35.9 Å². The average molecular weight is 288 g/mol. The number of rotatable bonds is 3. The molecular formula is C19H28O2. The molecule has 0 aromatic heterocycles. The molecule has 2 fully saturated rings. The second-order valence-corrected chi connectivity index (χ2v) is 8.41. The zero-order chi connectivity index (χ0) is 15.5. The largest absolute Gasteiger partial charge is 0.370 e. The quantitative estimate of drug-likeness (QED) is 0.811. The van der Waals surface area contributed by atoms with E-state index in [0.29, 0.717) is 6.61 Å². The van der Waals surface area contributed by atoms with Crippen LogP contribution in [-0.4, -0.2) is 17.3 Å². The molecule has 116 valence electrons. The van der Waals surface area contributed by atoms with Gasteiger partial charge < -0.3 is 9.47 Å². The number of fused-ring (bicyclic) bond motifs is 2. The van der Waals surface area contributed by atoms with Gasteiger partial charge >= 0.3 is 0 Å². The van der Waals surface area contributed by atoms with E-state index in [0.717, 1.165) is 6.42 Å². The van der Waals surface area contributed by atoms with E-state index in [1.165, 1.54) is 5.56 Å². The van der Waals surface area contributed by atoms with Crippen LogP contribution in [0.5, 0.6) is 0 Å². The zero-order valence-electron chi connectivity index (χ0n) is 14.2. The Kier molecular flexibility index (Phi) is 3.10. The molecule has 1 aromatic rings. The lowest BCUT2D eigenvalue weighted by atomic mass is 9.53. The van der Waals surface area contributed by atoms with Crippen molar-refractivity contribution in [2.24, 2.45) is 10.8 Å². The third kappa shape index (κ3) is 1.92. The summed E-state index contributed by atoms with van der Waals surface area (Å²) >= 11 is 0. The standard InChI is InChI=1S/C19H28O2/c1-16(2)13-18(5)15(17(3,4)19(16,6)21-18)20-12-14-10-8-7-9-11-14/h7-11,15H,12-13H2,1-6H3/t15-,18+,19-/m0/s1. The van der Waals surface area contributed by atoms with Crippen LogP contribution in [0.15, 0.2) is 30.3 Å². The van der Waals surface area contributed by atoms with Crippen LogP contribution >= 0.6 is 0 Å². The van der Waals surface area contributed by atoms with Crippen LogP contribution in [0.3, 0.4) is 0 Å². The molecule has 0 N–H and O–H groups in total. The molecule has 3 rings (SSSR count). The van der Waals surface area contributed by atoms with Crippen molar-refractivity contribution < 1.29 is 9.47 Å². The van der Waals surface area contributed by atoms with Crippen molar-refractivity contribution in [2.45, 2.75) is 71.9 Å². The van der Waals surface area contributed by atoms with Crippen LogP contribution in [0.4, 0.5) is 0 Å². The van der Waals surface area contributed by atoms with E-state index in [9.17, 15) is 0 Å². The monoisotopic (exact) mass is 288 g/mol. The highest BCUT2D eigenvalue weighted by molar-refractivity contribution is 5.23. The van der Waals surface area contributed by atoms with Crippen molar-refractivity contribution in [1.82, 2.24) is 0 Å². The Morgan fingerprint density at radius 1 is 1.05 bits per heavy atom. The fourth-order valence-electron chi connectivity index (χ4n) is 4.99. The average Bonchev–Trinajstić information content (AvgIpc) is 2.65. The van der Waals surface area contributed by atoms with Crippen molar-refractivity contribution in [2.75, 3.05) is 0 Å². The van der Waals surface area contributed by atoms with Gasteiger partial charge in [-0.1, -0.05) is 58.0 Å². The van der Waals surface area contributed by atoms with E-state index in [1.807, 2.05) is 6.07 Å². The lowest BCUT2D eigenvalue weighted by molar-refractivity contribution is -0.108. The van der Waals surface area contributed by atoms with Gasteiger partial charge in [-0.2, -0.15) is 0 Å². The highest BCUT2D eigenvalue weighted by atomic mass is 16.6. The van der Waals surface area contributed by atoms with Gasteiger partial charge in [-0.15, -0.1) is 0 Å². The van der Waals surface area contributed by atoms with Crippen LogP contribution in [0.2, 0.25) is 0 Å². The molecule has 0 unspecified atom stereocenters. The first-order valence-corrected chi connectivity index (χ1v) is 7.98. The maximum atomic E-state index is 6.55. The van der Waals surface area contributed by atoms with Crippen molar-refractivity contribution in [3.8, 4) is 0 Å². The molecule has 2 nitrogen and oxygen atoms in total. The van der Waals surface area contributed by atoms with Crippen molar-refractivity contribution in [1.29, 1.82) is 0 Å². The molecule has 21 heavy (non-hydrogen) atoms. The molecule has 0 spiro atoms. The minimum atomic E-state index is -0.184. The van der Waals surface area contributed by atoms with Gasteiger partial charge in [0.15, 0.2) is 0 Å². The Bertz CT molecular complexity index is 534. The maximum Gasteiger partial charge on any atom is 0.0945 e. The lowest BCUT2D eigenvalue weighted by Gasteiger charge is -2.51. The Morgan fingerprint density at radius 2 is 1.67 bits per heavy atom. The van der Waals surface area contributed by atoms with Gasteiger partial charge in [0.2, 0.25) is 0 Å². The van der Waals surface area contributed by atoms with Crippen LogP contribution < -0.4 is 0 Å².